The lowest BCUT2D eigenvalue weighted by Gasteiger charge is -2.58. The second-order valence-electron chi connectivity index (χ2n) is 10.2. The fourth-order valence-corrected chi connectivity index (χ4v) is 8.07. The summed E-state index contributed by atoms with van der Waals surface area (Å²) in [7, 11) is 0. The molecule has 0 amide bonds. The van der Waals surface area contributed by atoms with Crippen LogP contribution < -0.4 is 0 Å². The molecule has 2 N–H and O–H groups in total. The van der Waals surface area contributed by atoms with Crippen molar-refractivity contribution in [1.29, 1.82) is 0 Å². The number of allylic oxidation sites excluding steroid dienone is 1. The van der Waals surface area contributed by atoms with Gasteiger partial charge in [-0.2, -0.15) is 0 Å². The standard InChI is InChI=1S/C22H36O2/c1-13-11-19-17-6-5-15-12-16(24)7-9-21(15,3)18(17)8-10-22(19,4)20(13)14(2)23/h5,13-14,16-20,23-24H,6-12H2,1-4H3/t13?,14?,16?,17-,18+,19+,20-,21+,22+/m1/s1. The van der Waals surface area contributed by atoms with Gasteiger partial charge in [0, 0.05) is 0 Å². The number of hydrogen-bond acceptors (Lipinski definition) is 2. The van der Waals surface area contributed by atoms with Crippen molar-refractivity contribution in [3.05, 3.63) is 11.6 Å². The molecule has 3 unspecified atom stereocenters. The van der Waals surface area contributed by atoms with Crippen LogP contribution in [0.2, 0.25) is 0 Å². The number of fused-ring (bicyclic) bond motifs is 5. The number of hydrogen-bond donors (Lipinski definition) is 2. The van der Waals surface area contributed by atoms with Gasteiger partial charge in [-0.3, -0.25) is 0 Å². The van der Waals surface area contributed by atoms with Gasteiger partial charge in [0.2, 0.25) is 0 Å². The van der Waals surface area contributed by atoms with E-state index in [-0.39, 0.29) is 12.2 Å². The Morgan fingerprint density at radius 1 is 1.17 bits per heavy atom. The van der Waals surface area contributed by atoms with E-state index in [9.17, 15) is 10.2 Å². The maximum Gasteiger partial charge on any atom is 0.0577 e. The normalized spacial score (nSPS) is 55.2. The largest absolute Gasteiger partial charge is 0.393 e. The Hall–Kier alpha value is -0.340. The first-order chi connectivity index (χ1) is 11.3. The summed E-state index contributed by atoms with van der Waals surface area (Å²) in [5.41, 5.74) is 2.21. The van der Waals surface area contributed by atoms with Crippen molar-refractivity contribution in [2.24, 2.45) is 40.4 Å². The summed E-state index contributed by atoms with van der Waals surface area (Å²) in [6, 6.07) is 0. The molecule has 0 saturated heterocycles. The predicted octanol–water partition coefficient (Wildman–Crippen LogP) is 4.55. The van der Waals surface area contributed by atoms with Crippen molar-refractivity contribution in [3.8, 4) is 0 Å². The quantitative estimate of drug-likeness (QED) is 0.691. The van der Waals surface area contributed by atoms with Gasteiger partial charge >= 0.3 is 0 Å². The van der Waals surface area contributed by atoms with Crippen LogP contribution >= 0.6 is 0 Å². The van der Waals surface area contributed by atoms with Crippen molar-refractivity contribution >= 4 is 0 Å². The van der Waals surface area contributed by atoms with E-state index in [1.807, 2.05) is 6.92 Å². The molecule has 4 rings (SSSR count). The molecule has 9 atom stereocenters. The molecular formula is C22H36O2. The molecule has 0 aromatic heterocycles. The summed E-state index contributed by atoms with van der Waals surface area (Å²) < 4.78 is 0. The van der Waals surface area contributed by atoms with Crippen molar-refractivity contribution in [2.45, 2.75) is 84.8 Å². The van der Waals surface area contributed by atoms with Crippen LogP contribution in [0, 0.1) is 40.4 Å². The molecule has 2 nitrogen and oxygen atoms in total. The highest BCUT2D eigenvalue weighted by Crippen LogP contribution is 2.67. The summed E-state index contributed by atoms with van der Waals surface area (Å²) in [6.45, 7) is 9.37. The third-order valence-corrected chi connectivity index (χ3v) is 9.04. The zero-order valence-corrected chi connectivity index (χ0v) is 16.0. The van der Waals surface area contributed by atoms with E-state index >= 15 is 0 Å². The summed E-state index contributed by atoms with van der Waals surface area (Å²) in [5.74, 6) is 3.47. The maximum absolute atomic E-state index is 10.5. The first-order valence-electron chi connectivity index (χ1n) is 10.3. The molecule has 3 saturated carbocycles. The van der Waals surface area contributed by atoms with Crippen LogP contribution in [0.15, 0.2) is 11.6 Å². The molecule has 0 spiro atoms. The molecule has 0 radical (unpaired) electrons. The third-order valence-electron chi connectivity index (χ3n) is 9.04. The lowest BCUT2D eigenvalue weighted by atomic mass is 9.47. The van der Waals surface area contributed by atoms with Gasteiger partial charge in [-0.25, -0.2) is 0 Å². The van der Waals surface area contributed by atoms with Crippen LogP contribution in [-0.2, 0) is 0 Å². The highest BCUT2D eigenvalue weighted by atomic mass is 16.3. The fourth-order valence-electron chi connectivity index (χ4n) is 8.07. The summed E-state index contributed by atoms with van der Waals surface area (Å²) in [4.78, 5) is 0. The van der Waals surface area contributed by atoms with Gasteiger partial charge in [0.15, 0.2) is 0 Å². The van der Waals surface area contributed by atoms with E-state index < -0.39 is 0 Å². The van der Waals surface area contributed by atoms with Crippen molar-refractivity contribution in [1.82, 2.24) is 0 Å². The Morgan fingerprint density at radius 3 is 2.62 bits per heavy atom. The summed E-state index contributed by atoms with van der Waals surface area (Å²) >= 11 is 0. The Balaban J connectivity index is 1.67. The maximum atomic E-state index is 10.5. The van der Waals surface area contributed by atoms with Gasteiger partial charge < -0.3 is 10.2 Å². The second-order valence-corrected chi connectivity index (χ2v) is 10.2. The van der Waals surface area contributed by atoms with Crippen LogP contribution in [0.1, 0.15) is 72.6 Å². The van der Waals surface area contributed by atoms with E-state index in [0.717, 1.165) is 30.6 Å². The lowest BCUT2D eigenvalue weighted by molar-refractivity contribution is -0.0701. The number of aliphatic hydroxyl groups is 2. The minimum Gasteiger partial charge on any atom is -0.393 e. The molecule has 0 aromatic carbocycles. The minimum absolute atomic E-state index is 0.110. The van der Waals surface area contributed by atoms with Crippen LogP contribution in [0.5, 0.6) is 0 Å². The van der Waals surface area contributed by atoms with Gasteiger partial charge in [0.1, 0.15) is 0 Å². The lowest BCUT2D eigenvalue weighted by Crippen LogP contribution is -2.51. The molecule has 4 aliphatic rings. The number of rotatable bonds is 1. The molecule has 0 bridgehead atoms. The van der Waals surface area contributed by atoms with Crippen molar-refractivity contribution < 1.29 is 10.2 Å². The second kappa shape index (κ2) is 5.58. The molecule has 4 aliphatic carbocycles. The zero-order valence-electron chi connectivity index (χ0n) is 16.0. The molecule has 0 aromatic rings. The Kier molecular flexibility index (Phi) is 3.97. The van der Waals surface area contributed by atoms with Crippen LogP contribution in [0.3, 0.4) is 0 Å². The van der Waals surface area contributed by atoms with E-state index in [1.54, 1.807) is 5.57 Å². The molecule has 136 valence electrons. The van der Waals surface area contributed by atoms with Gasteiger partial charge in [-0.1, -0.05) is 32.4 Å². The van der Waals surface area contributed by atoms with Crippen LogP contribution in [-0.4, -0.2) is 22.4 Å². The highest BCUT2D eigenvalue weighted by Gasteiger charge is 2.60. The first kappa shape index (κ1) is 17.1. The molecule has 24 heavy (non-hydrogen) atoms. The molecule has 3 fully saturated rings. The Bertz CT molecular complexity index is 538. The van der Waals surface area contributed by atoms with Crippen LogP contribution in [0.25, 0.3) is 0 Å². The van der Waals surface area contributed by atoms with Gasteiger partial charge in [-0.15, -0.1) is 0 Å². The smallest absolute Gasteiger partial charge is 0.0577 e. The third kappa shape index (κ3) is 2.21. The van der Waals surface area contributed by atoms with E-state index in [1.165, 1.54) is 32.1 Å². The average molecular weight is 333 g/mol. The molecule has 2 heteroatoms. The summed E-state index contributed by atoms with van der Waals surface area (Å²) in [6.07, 6.45) is 10.4. The van der Waals surface area contributed by atoms with Crippen molar-refractivity contribution in [3.63, 3.8) is 0 Å². The topological polar surface area (TPSA) is 40.5 Å². The van der Waals surface area contributed by atoms with E-state index in [0.29, 0.717) is 22.7 Å². The first-order valence-corrected chi connectivity index (χ1v) is 10.3. The monoisotopic (exact) mass is 332 g/mol. The van der Waals surface area contributed by atoms with Gasteiger partial charge in [-0.05, 0) is 92.3 Å². The molecule has 0 aliphatic heterocycles. The van der Waals surface area contributed by atoms with Gasteiger partial charge in [0.25, 0.3) is 0 Å². The van der Waals surface area contributed by atoms with Crippen LogP contribution in [0.4, 0.5) is 0 Å². The molecular weight excluding hydrogens is 296 g/mol. The highest BCUT2D eigenvalue weighted by molar-refractivity contribution is 5.25. The zero-order chi connectivity index (χ0) is 17.3. The Labute approximate surface area is 147 Å². The van der Waals surface area contributed by atoms with Crippen molar-refractivity contribution in [2.75, 3.05) is 0 Å². The minimum atomic E-state index is -0.179. The number of aliphatic hydroxyl groups excluding tert-OH is 2. The fraction of sp³-hybridized carbons (Fsp3) is 0.909. The van der Waals surface area contributed by atoms with Gasteiger partial charge in [0.05, 0.1) is 12.2 Å². The van der Waals surface area contributed by atoms with E-state index in [4.69, 9.17) is 0 Å². The summed E-state index contributed by atoms with van der Waals surface area (Å²) in [5, 5.41) is 20.6. The SMILES string of the molecule is CC(O)[C@H]1C(C)C[C@H]2[C@@H]3CC=C4CC(O)CC[C@]4(C)[C@H]3CC[C@]12C. The Morgan fingerprint density at radius 2 is 1.92 bits per heavy atom. The molecule has 0 heterocycles. The average Bonchev–Trinajstić information content (AvgIpc) is 2.78. The van der Waals surface area contributed by atoms with E-state index in [2.05, 4.69) is 26.8 Å². The predicted molar refractivity (Wildman–Crippen MR) is 97.4 cm³/mol.